The van der Waals surface area contributed by atoms with Crippen LogP contribution < -0.4 is 14.5 Å². The lowest BCUT2D eigenvalue weighted by Crippen LogP contribution is -2.31. The Morgan fingerprint density at radius 2 is 1.03 bits per heavy atom. The molecule has 0 spiro atoms. The molecule has 2 aliphatic rings. The minimum Gasteiger partial charge on any atom is -0.506 e. The van der Waals surface area contributed by atoms with Crippen molar-refractivity contribution in [3.8, 4) is 0 Å². The molecule has 0 fully saturated rings. The van der Waals surface area contributed by atoms with E-state index in [2.05, 4.69) is 4.40 Å². The van der Waals surface area contributed by atoms with Crippen LogP contribution in [0.1, 0.15) is 5.56 Å². The summed E-state index contributed by atoms with van der Waals surface area (Å²) in [4.78, 5) is 17.2. The molecule has 18 heteroatoms. The number of carbonyl (C=O) groups is 1. The van der Waals surface area contributed by atoms with E-state index < -0.39 is 76.3 Å². The molecule has 0 atom stereocenters. The zero-order chi connectivity index (χ0) is 43.0. The highest BCUT2D eigenvalue weighted by molar-refractivity contribution is 7.93. The maximum atomic E-state index is 14.0. The SMILES string of the molecule is O=C1C(c2ccc(N(c3ccccc3)c3ccccc3)cc2NS(=O)(=O)C(F)(F)F)=C(O)/C1=C1/C=CC(N(c2ccccc2)c2ccccc2)=CC1=NS(=O)(=O)C(F)(F)F. The van der Waals surface area contributed by atoms with E-state index in [-0.39, 0.29) is 11.4 Å². The lowest BCUT2D eigenvalue weighted by Gasteiger charge is -2.30. The van der Waals surface area contributed by atoms with E-state index >= 15 is 0 Å². The monoisotopic (exact) mass is 862 g/mol. The Bertz CT molecular complexity index is 2790. The van der Waals surface area contributed by atoms with Crippen molar-refractivity contribution in [3.05, 3.63) is 186 Å². The number of allylic oxidation sites excluding steroid dienone is 6. The van der Waals surface area contributed by atoms with Gasteiger partial charge in [0.1, 0.15) is 5.76 Å². The smallest absolute Gasteiger partial charge is 0.506 e. The van der Waals surface area contributed by atoms with Crippen LogP contribution in [-0.4, -0.2) is 44.5 Å². The fourth-order valence-corrected chi connectivity index (χ4v) is 7.50. The first-order valence-electron chi connectivity index (χ1n) is 17.5. The van der Waals surface area contributed by atoms with Crippen molar-refractivity contribution >= 4 is 71.2 Å². The van der Waals surface area contributed by atoms with E-state index in [1.165, 1.54) is 16.9 Å². The summed E-state index contributed by atoms with van der Waals surface area (Å²) in [5, 5.41) is 11.5. The van der Waals surface area contributed by atoms with Gasteiger partial charge in [-0.05, 0) is 85.0 Å². The van der Waals surface area contributed by atoms with E-state index in [0.717, 1.165) is 24.3 Å². The summed E-state index contributed by atoms with van der Waals surface area (Å²) in [6, 6.07) is 37.2. The number of benzene rings is 5. The summed E-state index contributed by atoms with van der Waals surface area (Å²) in [6.45, 7) is 0. The van der Waals surface area contributed by atoms with E-state index in [1.54, 1.807) is 131 Å². The number of aliphatic hydroxyl groups is 1. The van der Waals surface area contributed by atoms with Gasteiger partial charge in [-0.1, -0.05) is 72.8 Å². The molecular formula is C42H28F6N4O6S2. The van der Waals surface area contributed by atoms with Gasteiger partial charge < -0.3 is 14.9 Å². The van der Waals surface area contributed by atoms with E-state index in [4.69, 9.17) is 0 Å². The number of anilines is 6. The fourth-order valence-electron chi connectivity index (χ4n) is 6.41. The summed E-state index contributed by atoms with van der Waals surface area (Å²) in [7, 11) is -12.4. The average molecular weight is 863 g/mol. The molecule has 2 N–H and O–H groups in total. The van der Waals surface area contributed by atoms with E-state index in [0.29, 0.717) is 22.7 Å². The molecule has 0 unspecified atom stereocenters. The number of para-hydroxylation sites is 4. The third kappa shape index (κ3) is 7.93. The third-order valence-corrected chi connectivity index (χ3v) is 11.2. The van der Waals surface area contributed by atoms with Crippen LogP contribution in [-0.2, 0) is 24.8 Å². The van der Waals surface area contributed by atoms with Crippen molar-refractivity contribution < 1.29 is 53.1 Å². The van der Waals surface area contributed by atoms with Gasteiger partial charge >= 0.3 is 31.1 Å². The van der Waals surface area contributed by atoms with Gasteiger partial charge in [0, 0.05) is 45.3 Å². The standard InChI is InChI=1S/C42H28F6N4O6S2/c43-41(44,45)59(55,56)49-35-25-31(51(27-13-5-1-6-14-27)28-15-7-2-8-16-28)21-23-33(35)37-39(53)38(40(37)54)34-24-22-32(26-36(34)50-60(57,58)42(46,47)48)52(29-17-9-3-10-18-29)30-19-11-4-12-20-30/h1-26,49,53H/b38-34+,50-36?. The Kier molecular flexibility index (Phi) is 10.8. The van der Waals surface area contributed by atoms with Gasteiger partial charge in [-0.15, -0.1) is 0 Å². The molecule has 0 aliphatic heterocycles. The molecule has 0 amide bonds. The zero-order valence-electron chi connectivity index (χ0n) is 30.4. The van der Waals surface area contributed by atoms with Gasteiger partial charge in [0.2, 0.25) is 5.78 Å². The second kappa shape index (κ2) is 15.7. The maximum Gasteiger partial charge on any atom is 0.518 e. The highest BCUT2D eigenvalue weighted by Crippen LogP contribution is 2.46. The minimum absolute atomic E-state index is 0.0872. The van der Waals surface area contributed by atoms with Crippen LogP contribution in [0.2, 0.25) is 0 Å². The fraction of sp³-hybridized carbons (Fsp3) is 0.0476. The average Bonchev–Trinajstić information content (AvgIpc) is 3.20. The third-order valence-electron chi connectivity index (χ3n) is 9.08. The number of nitrogens with one attached hydrogen (secondary N) is 1. The molecule has 10 nitrogen and oxygen atoms in total. The molecular weight excluding hydrogens is 835 g/mol. The summed E-state index contributed by atoms with van der Waals surface area (Å²) in [5.74, 6) is -2.16. The van der Waals surface area contributed by atoms with Crippen LogP contribution in [0.15, 0.2) is 185 Å². The summed E-state index contributed by atoms with van der Waals surface area (Å²) < 4.78 is 137. The first-order valence-corrected chi connectivity index (χ1v) is 20.4. The topological polar surface area (TPSA) is 136 Å². The molecule has 0 radical (unpaired) electrons. The van der Waals surface area contributed by atoms with Crippen LogP contribution in [0.4, 0.5) is 60.5 Å². The molecule has 5 aromatic carbocycles. The number of nitrogens with zero attached hydrogens (tertiary/aromatic N) is 3. The van der Waals surface area contributed by atoms with E-state index in [1.807, 2.05) is 0 Å². The second-order valence-corrected chi connectivity index (χ2v) is 16.2. The summed E-state index contributed by atoms with van der Waals surface area (Å²) in [6.07, 6.45) is 3.36. The van der Waals surface area contributed by atoms with Crippen molar-refractivity contribution in [3.63, 3.8) is 0 Å². The number of carbonyl (C=O) groups excluding carboxylic acids is 1. The van der Waals surface area contributed by atoms with Gasteiger partial charge in [-0.2, -0.15) is 47.6 Å². The number of aliphatic hydroxyl groups excluding tert-OH is 1. The highest BCUT2D eigenvalue weighted by Gasteiger charge is 2.48. The van der Waals surface area contributed by atoms with Crippen LogP contribution in [0.3, 0.4) is 0 Å². The van der Waals surface area contributed by atoms with Crippen LogP contribution in [0.25, 0.3) is 5.57 Å². The molecule has 60 heavy (non-hydrogen) atoms. The van der Waals surface area contributed by atoms with Crippen LogP contribution in [0, 0.1) is 0 Å². The molecule has 0 bridgehead atoms. The molecule has 0 saturated heterocycles. The molecule has 306 valence electrons. The Labute approximate surface area is 339 Å². The summed E-state index contributed by atoms with van der Waals surface area (Å²) >= 11 is 0. The van der Waals surface area contributed by atoms with Crippen molar-refractivity contribution in [1.82, 2.24) is 0 Å². The number of Topliss-reactive ketones (excluding diaryl/α,β-unsaturated/α-hetero) is 1. The number of ketones is 1. The lowest BCUT2D eigenvalue weighted by atomic mass is 9.78. The van der Waals surface area contributed by atoms with Crippen molar-refractivity contribution in [1.29, 1.82) is 0 Å². The summed E-state index contributed by atoms with van der Waals surface area (Å²) in [5.41, 5.74) is -13.8. The number of hydrogen-bond acceptors (Lipinski definition) is 8. The molecule has 7 rings (SSSR count). The Morgan fingerprint density at radius 1 is 0.567 bits per heavy atom. The first kappa shape index (κ1) is 41.2. The number of halogens is 6. The molecule has 0 heterocycles. The normalized spacial score (nSPS) is 16.7. The van der Waals surface area contributed by atoms with Crippen molar-refractivity contribution in [2.24, 2.45) is 4.40 Å². The van der Waals surface area contributed by atoms with Gasteiger partial charge in [0.05, 0.1) is 22.5 Å². The number of alkyl halides is 6. The van der Waals surface area contributed by atoms with Gasteiger partial charge in [0.25, 0.3) is 0 Å². The van der Waals surface area contributed by atoms with Crippen molar-refractivity contribution in [2.75, 3.05) is 14.5 Å². The quantitative estimate of drug-likeness (QED) is 0.105. The minimum atomic E-state index is -6.27. The Hall–Kier alpha value is -6.92. The number of hydrogen-bond donors (Lipinski definition) is 2. The second-order valence-electron chi connectivity index (χ2n) is 12.9. The number of rotatable bonds is 10. The Morgan fingerprint density at radius 3 is 1.47 bits per heavy atom. The first-order chi connectivity index (χ1) is 28.4. The van der Waals surface area contributed by atoms with Gasteiger partial charge in [0.15, 0.2) is 0 Å². The zero-order valence-corrected chi connectivity index (χ0v) is 32.1. The number of sulfonamides is 2. The predicted molar refractivity (Wildman–Crippen MR) is 216 cm³/mol. The molecule has 0 aromatic heterocycles. The maximum absolute atomic E-state index is 14.0. The molecule has 2 aliphatic carbocycles. The van der Waals surface area contributed by atoms with Crippen LogP contribution >= 0.6 is 0 Å². The van der Waals surface area contributed by atoms with Crippen LogP contribution in [0.5, 0.6) is 0 Å². The van der Waals surface area contributed by atoms with E-state index in [9.17, 15) is 53.1 Å². The molecule has 5 aromatic rings. The van der Waals surface area contributed by atoms with Crippen molar-refractivity contribution in [2.45, 2.75) is 11.0 Å². The van der Waals surface area contributed by atoms with Gasteiger partial charge in [-0.25, -0.2) is 0 Å². The molecule has 0 saturated carbocycles. The highest BCUT2D eigenvalue weighted by atomic mass is 32.2. The largest absolute Gasteiger partial charge is 0.518 e. The lowest BCUT2D eigenvalue weighted by molar-refractivity contribution is -0.111. The predicted octanol–water partition coefficient (Wildman–Crippen LogP) is 10.1. The Balaban J connectivity index is 1.40. The van der Waals surface area contributed by atoms with Gasteiger partial charge in [-0.3, -0.25) is 9.52 Å².